The van der Waals surface area contributed by atoms with Crippen molar-refractivity contribution in [1.29, 1.82) is 0 Å². The van der Waals surface area contributed by atoms with Crippen molar-refractivity contribution in [2.75, 3.05) is 32.7 Å². The van der Waals surface area contributed by atoms with Crippen molar-refractivity contribution in [2.45, 2.75) is 58.4 Å². The Bertz CT molecular complexity index is 1320. The van der Waals surface area contributed by atoms with Crippen LogP contribution in [0.4, 0.5) is 5.13 Å². The number of ether oxygens (including phenoxy) is 4. The largest absolute Gasteiger partial charge is 0.493 e. The van der Waals surface area contributed by atoms with Gasteiger partial charge in [0.15, 0.2) is 16.6 Å². The van der Waals surface area contributed by atoms with Gasteiger partial charge in [0, 0.05) is 23.9 Å². The van der Waals surface area contributed by atoms with Gasteiger partial charge in [-0.05, 0) is 74.0 Å². The van der Waals surface area contributed by atoms with Gasteiger partial charge in [0.25, 0.3) is 0 Å². The molecule has 1 atom stereocenters. The van der Waals surface area contributed by atoms with Crippen LogP contribution in [0.25, 0.3) is 0 Å². The Morgan fingerprint density at radius 2 is 1.93 bits per heavy atom. The fraction of sp³-hybridized carbons (Fsp3) is 0.433. The monoisotopic (exact) mass is 567 g/mol. The summed E-state index contributed by atoms with van der Waals surface area (Å²) < 4.78 is 22.9. The fourth-order valence-electron chi connectivity index (χ4n) is 4.76. The van der Waals surface area contributed by atoms with E-state index in [4.69, 9.17) is 18.9 Å². The van der Waals surface area contributed by atoms with Crippen molar-refractivity contribution in [1.82, 2.24) is 10.3 Å². The van der Waals surface area contributed by atoms with Crippen LogP contribution in [0.15, 0.2) is 35.7 Å². The Morgan fingerprint density at radius 3 is 2.73 bits per heavy atom. The first-order valence-electron chi connectivity index (χ1n) is 13.8. The number of aryl methyl sites for hydroxylation is 1. The lowest BCUT2D eigenvalue weighted by Gasteiger charge is -2.28. The number of hydrogen-bond acceptors (Lipinski definition) is 9. The van der Waals surface area contributed by atoms with E-state index in [-0.39, 0.29) is 18.4 Å². The molecular formula is C30H37N3O6S. The molecule has 3 heterocycles. The Kier molecular flexibility index (Phi) is 10.4. The molecule has 0 saturated heterocycles. The number of anilines is 1. The van der Waals surface area contributed by atoms with E-state index in [2.05, 4.69) is 15.6 Å². The van der Waals surface area contributed by atoms with E-state index in [9.17, 15) is 9.59 Å². The molecule has 6 bridgehead atoms. The first kappa shape index (κ1) is 29.4. The first-order valence-corrected chi connectivity index (χ1v) is 14.6. The van der Waals surface area contributed by atoms with Crippen LogP contribution >= 0.6 is 11.3 Å². The second kappa shape index (κ2) is 14.1. The molecule has 0 spiro atoms. The normalized spacial score (nSPS) is 17.1. The highest BCUT2D eigenvalue weighted by Crippen LogP contribution is 2.40. The lowest BCUT2D eigenvalue weighted by atomic mass is 9.91. The van der Waals surface area contributed by atoms with Crippen LogP contribution in [0, 0.1) is 0 Å². The van der Waals surface area contributed by atoms with E-state index in [0.29, 0.717) is 40.3 Å². The second-order valence-corrected chi connectivity index (χ2v) is 10.1. The van der Waals surface area contributed by atoms with Crippen molar-refractivity contribution in [3.63, 3.8) is 0 Å². The van der Waals surface area contributed by atoms with Crippen molar-refractivity contribution in [3.05, 3.63) is 58.1 Å². The molecule has 3 aromatic rings. The highest BCUT2D eigenvalue weighted by atomic mass is 32.1. The molecule has 2 aliphatic heterocycles. The van der Waals surface area contributed by atoms with Gasteiger partial charge in [0.2, 0.25) is 5.91 Å². The SMILES string of the molecule is CC.COC(=O)c1ccc2cc1OCCCCCc1csc(n1)NC(=O)CC1NCCc3cc(OC)c(cc31)O2. The highest BCUT2D eigenvalue weighted by Gasteiger charge is 2.26. The molecule has 1 unspecified atom stereocenters. The number of esters is 1. The molecule has 2 N–H and O–H groups in total. The zero-order valence-corrected chi connectivity index (χ0v) is 24.3. The van der Waals surface area contributed by atoms with E-state index >= 15 is 0 Å². The summed E-state index contributed by atoms with van der Waals surface area (Å²) in [6.45, 7) is 5.20. The summed E-state index contributed by atoms with van der Waals surface area (Å²) in [6, 6.07) is 8.75. The van der Waals surface area contributed by atoms with Gasteiger partial charge in [-0.25, -0.2) is 9.78 Å². The van der Waals surface area contributed by atoms with Crippen LogP contribution in [-0.2, 0) is 22.4 Å². The number of hydrogen-bond donors (Lipinski definition) is 2. The summed E-state index contributed by atoms with van der Waals surface area (Å²) in [7, 11) is 2.94. The molecule has 0 radical (unpaired) electrons. The number of rotatable bonds is 2. The number of nitrogens with zero attached hydrogens (tertiary/aromatic N) is 1. The zero-order valence-electron chi connectivity index (χ0n) is 23.5. The number of amides is 1. The lowest BCUT2D eigenvalue weighted by molar-refractivity contribution is -0.116. The molecular weight excluding hydrogens is 530 g/mol. The third-order valence-electron chi connectivity index (χ3n) is 6.69. The van der Waals surface area contributed by atoms with Crippen LogP contribution < -0.4 is 24.8 Å². The Balaban J connectivity index is 0.00000181. The second-order valence-electron chi connectivity index (χ2n) is 9.27. The van der Waals surface area contributed by atoms with Gasteiger partial charge >= 0.3 is 5.97 Å². The third-order valence-corrected chi connectivity index (χ3v) is 7.50. The minimum atomic E-state index is -0.473. The average Bonchev–Trinajstić information content (AvgIpc) is 3.42. The number of benzene rings is 2. The summed E-state index contributed by atoms with van der Waals surface area (Å²) in [6.07, 6.45) is 4.59. The molecule has 0 saturated carbocycles. The summed E-state index contributed by atoms with van der Waals surface area (Å²) in [5.41, 5.74) is 3.40. The predicted octanol–water partition coefficient (Wildman–Crippen LogP) is 6.08. The number of carbonyl (C=O) groups is 2. The Hall–Kier alpha value is -3.63. The number of aromatic nitrogens is 1. The number of thiazole rings is 1. The van der Waals surface area contributed by atoms with Crippen molar-refractivity contribution < 1.29 is 28.5 Å². The van der Waals surface area contributed by atoms with E-state index in [1.165, 1.54) is 18.4 Å². The van der Waals surface area contributed by atoms with Crippen LogP contribution in [-0.4, -0.2) is 44.2 Å². The summed E-state index contributed by atoms with van der Waals surface area (Å²) >= 11 is 1.44. The molecule has 1 amide bonds. The molecule has 0 fully saturated rings. The van der Waals surface area contributed by atoms with E-state index in [0.717, 1.165) is 55.5 Å². The zero-order chi connectivity index (χ0) is 28.5. The van der Waals surface area contributed by atoms with E-state index < -0.39 is 5.97 Å². The van der Waals surface area contributed by atoms with Gasteiger partial charge in [0.05, 0.1) is 26.5 Å². The van der Waals surface area contributed by atoms with Gasteiger partial charge in [-0.15, -0.1) is 11.3 Å². The maximum atomic E-state index is 12.9. The predicted molar refractivity (Wildman–Crippen MR) is 155 cm³/mol. The van der Waals surface area contributed by atoms with E-state index in [1.54, 1.807) is 25.3 Å². The number of methoxy groups -OCH3 is 2. The Labute approximate surface area is 239 Å². The van der Waals surface area contributed by atoms with Crippen LogP contribution in [0.1, 0.15) is 72.8 Å². The van der Waals surface area contributed by atoms with Crippen molar-refractivity contribution in [2.24, 2.45) is 0 Å². The summed E-state index contributed by atoms with van der Waals surface area (Å²) in [5.74, 6) is 1.43. The summed E-state index contributed by atoms with van der Waals surface area (Å²) in [5, 5.41) is 9.03. The topological polar surface area (TPSA) is 108 Å². The number of fused-ring (bicyclic) bond motifs is 5. The molecule has 9 nitrogen and oxygen atoms in total. The molecule has 5 rings (SSSR count). The lowest BCUT2D eigenvalue weighted by Crippen LogP contribution is -2.32. The molecule has 0 aliphatic carbocycles. The molecule has 1 aromatic heterocycles. The smallest absolute Gasteiger partial charge is 0.341 e. The quantitative estimate of drug-likeness (QED) is 0.359. The van der Waals surface area contributed by atoms with Gasteiger partial charge in [0.1, 0.15) is 17.1 Å². The molecule has 2 aliphatic rings. The third kappa shape index (κ3) is 7.11. The highest BCUT2D eigenvalue weighted by molar-refractivity contribution is 7.13. The van der Waals surface area contributed by atoms with Gasteiger partial charge < -0.3 is 29.6 Å². The average molecular weight is 568 g/mol. The number of nitrogens with one attached hydrogen (secondary N) is 2. The van der Waals surface area contributed by atoms with Gasteiger partial charge in [-0.1, -0.05) is 13.8 Å². The van der Waals surface area contributed by atoms with Crippen molar-refractivity contribution >= 4 is 28.3 Å². The fourth-order valence-corrected chi connectivity index (χ4v) is 5.53. The van der Waals surface area contributed by atoms with Crippen LogP contribution in [0.2, 0.25) is 0 Å². The van der Waals surface area contributed by atoms with Crippen LogP contribution in [0.5, 0.6) is 23.0 Å². The van der Waals surface area contributed by atoms with Gasteiger partial charge in [-0.3, -0.25) is 4.79 Å². The maximum Gasteiger partial charge on any atom is 0.341 e. The molecule has 40 heavy (non-hydrogen) atoms. The molecule has 10 heteroatoms. The first-order chi connectivity index (χ1) is 19.5. The molecule has 214 valence electrons. The van der Waals surface area contributed by atoms with E-state index in [1.807, 2.05) is 31.4 Å². The van der Waals surface area contributed by atoms with Crippen molar-refractivity contribution in [3.8, 4) is 23.0 Å². The summed E-state index contributed by atoms with van der Waals surface area (Å²) in [4.78, 5) is 29.9. The minimum absolute atomic E-state index is 0.0934. The number of carbonyl (C=O) groups excluding carboxylic acids is 2. The Morgan fingerprint density at radius 1 is 1.07 bits per heavy atom. The minimum Gasteiger partial charge on any atom is -0.493 e. The van der Waals surface area contributed by atoms with Gasteiger partial charge in [-0.2, -0.15) is 0 Å². The van der Waals surface area contributed by atoms with Crippen LogP contribution in [0.3, 0.4) is 0 Å². The maximum absolute atomic E-state index is 12.9. The standard InChI is InChI=1S/C28H31N3O6S.C2H6/c1-34-24-12-17-9-10-29-22-15-26(32)31-28-30-18(16-38-28)6-4-3-5-11-36-23-13-19(37-25(24)14-21(17)22)7-8-20(23)27(33)35-2;1-2/h7-8,12-14,16,22,29H,3-6,9-11,15H2,1-2H3,(H,30,31,32);1-2H3. The molecule has 2 aromatic carbocycles.